The Morgan fingerprint density at radius 1 is 1.46 bits per heavy atom. The third kappa shape index (κ3) is 3.47. The molecule has 0 spiro atoms. The molecule has 0 radical (unpaired) electrons. The van der Waals surface area contributed by atoms with Crippen molar-refractivity contribution >= 4 is 27.5 Å². The van der Waals surface area contributed by atoms with Crippen LogP contribution in [-0.2, 0) is 12.8 Å². The molecule has 3 N–H and O–H groups in total. The topological polar surface area (TPSA) is 68.0 Å². The molecule has 1 amide bonds. The third-order valence-corrected chi connectivity index (χ3v) is 6.10. The molecule has 1 unspecified atom stereocenters. The molecular formula is C19H27N3OS. The van der Waals surface area contributed by atoms with E-state index in [4.69, 9.17) is 10.7 Å². The molecule has 5 heteroatoms. The van der Waals surface area contributed by atoms with Crippen LogP contribution < -0.4 is 11.1 Å². The first kappa shape index (κ1) is 17.4. The number of rotatable bonds is 3. The Kier molecular flexibility index (Phi) is 4.67. The first-order valence-electron chi connectivity index (χ1n) is 8.71. The summed E-state index contributed by atoms with van der Waals surface area (Å²) in [5, 5.41) is 4.00. The van der Waals surface area contributed by atoms with Gasteiger partial charge in [-0.1, -0.05) is 20.8 Å². The fraction of sp³-hybridized carbons (Fsp3) is 0.579. The van der Waals surface area contributed by atoms with Crippen LogP contribution in [0.1, 0.15) is 55.0 Å². The normalized spacial score (nSPS) is 19.1. The summed E-state index contributed by atoms with van der Waals surface area (Å²) in [6.07, 6.45) is 3.32. The van der Waals surface area contributed by atoms with E-state index < -0.39 is 0 Å². The number of carbonyl (C=O) groups excluding carboxylic acids is 1. The van der Waals surface area contributed by atoms with Gasteiger partial charge in [-0.15, -0.1) is 11.3 Å². The third-order valence-electron chi connectivity index (χ3n) is 5.05. The monoisotopic (exact) mass is 345 g/mol. The van der Waals surface area contributed by atoms with Crippen LogP contribution in [-0.4, -0.2) is 23.5 Å². The zero-order valence-corrected chi connectivity index (χ0v) is 15.8. The Balaban J connectivity index is 1.88. The number of nitrogens with zero attached hydrogens (tertiary/aromatic N) is 1. The number of thiophene rings is 1. The fourth-order valence-corrected chi connectivity index (χ4v) is 4.27. The number of carbonyl (C=O) groups is 1. The van der Waals surface area contributed by atoms with Gasteiger partial charge in [-0.3, -0.25) is 4.79 Å². The lowest BCUT2D eigenvalue weighted by Gasteiger charge is -2.34. The summed E-state index contributed by atoms with van der Waals surface area (Å²) in [6.45, 7) is 9.31. The number of aromatic nitrogens is 1. The molecule has 0 saturated carbocycles. The van der Waals surface area contributed by atoms with Crippen molar-refractivity contribution in [1.29, 1.82) is 0 Å². The van der Waals surface area contributed by atoms with Gasteiger partial charge in [0.05, 0.1) is 4.88 Å². The van der Waals surface area contributed by atoms with Gasteiger partial charge in [-0.2, -0.15) is 0 Å². The molecule has 130 valence electrons. The standard InChI is InChI=1S/C19H27N3OS/c1-11(10-20)21-17(23)16-9-13-7-12-8-14(19(2,3)4)5-6-15(12)22-18(13)24-16/h7,9,11,14H,5-6,8,10,20H2,1-4H3,(H,21,23)/t11-,14?/m0/s1. The minimum absolute atomic E-state index is 0.0172. The fourth-order valence-electron chi connectivity index (χ4n) is 3.33. The van der Waals surface area contributed by atoms with Crippen molar-refractivity contribution in [2.75, 3.05) is 6.54 Å². The molecule has 24 heavy (non-hydrogen) atoms. The van der Waals surface area contributed by atoms with Crippen LogP contribution in [0.15, 0.2) is 12.1 Å². The van der Waals surface area contributed by atoms with Crippen molar-refractivity contribution in [3.05, 3.63) is 28.3 Å². The first-order valence-corrected chi connectivity index (χ1v) is 9.53. The second-order valence-electron chi connectivity index (χ2n) is 8.02. The van der Waals surface area contributed by atoms with Crippen molar-refractivity contribution in [3.8, 4) is 0 Å². The van der Waals surface area contributed by atoms with Gasteiger partial charge < -0.3 is 11.1 Å². The lowest BCUT2D eigenvalue weighted by atomic mass is 9.71. The van der Waals surface area contributed by atoms with Gasteiger partial charge >= 0.3 is 0 Å². The van der Waals surface area contributed by atoms with Crippen molar-refractivity contribution < 1.29 is 4.79 Å². The van der Waals surface area contributed by atoms with Crippen molar-refractivity contribution in [1.82, 2.24) is 10.3 Å². The van der Waals surface area contributed by atoms with E-state index >= 15 is 0 Å². The highest BCUT2D eigenvalue weighted by molar-refractivity contribution is 7.20. The average Bonchev–Trinajstić information content (AvgIpc) is 2.93. The number of hydrogen-bond donors (Lipinski definition) is 2. The van der Waals surface area contributed by atoms with Crippen molar-refractivity contribution in [2.24, 2.45) is 17.1 Å². The number of nitrogens with two attached hydrogens (primary N) is 1. The molecule has 0 aromatic carbocycles. The maximum atomic E-state index is 12.3. The van der Waals surface area contributed by atoms with Gasteiger partial charge in [0.1, 0.15) is 4.83 Å². The van der Waals surface area contributed by atoms with Gasteiger partial charge in [0.25, 0.3) is 5.91 Å². The molecule has 1 aliphatic carbocycles. The maximum Gasteiger partial charge on any atom is 0.261 e. The van der Waals surface area contributed by atoms with Gasteiger partial charge in [0.15, 0.2) is 0 Å². The first-order chi connectivity index (χ1) is 11.3. The lowest BCUT2D eigenvalue weighted by Crippen LogP contribution is -2.37. The summed E-state index contributed by atoms with van der Waals surface area (Å²) >= 11 is 1.47. The smallest absolute Gasteiger partial charge is 0.261 e. The summed E-state index contributed by atoms with van der Waals surface area (Å²) in [7, 11) is 0. The molecule has 0 fully saturated rings. The van der Waals surface area contributed by atoms with Gasteiger partial charge in [0.2, 0.25) is 0 Å². The van der Waals surface area contributed by atoms with Gasteiger partial charge in [0, 0.05) is 23.7 Å². The van der Waals surface area contributed by atoms with Crippen molar-refractivity contribution in [2.45, 2.75) is 53.0 Å². The number of amides is 1. The Labute approximate surface area is 147 Å². The summed E-state index contributed by atoms with van der Waals surface area (Å²) in [5.74, 6) is 0.637. The Morgan fingerprint density at radius 3 is 2.88 bits per heavy atom. The minimum Gasteiger partial charge on any atom is -0.348 e. The SMILES string of the molecule is C[C@@H](CN)NC(=O)c1cc2cc3c(nc2s1)CCC(C(C)(C)C)C3. The summed E-state index contributed by atoms with van der Waals surface area (Å²) in [6, 6.07) is 4.19. The van der Waals surface area contributed by atoms with Crippen LogP contribution in [0.5, 0.6) is 0 Å². The molecule has 1 aliphatic rings. The lowest BCUT2D eigenvalue weighted by molar-refractivity contribution is 0.0945. The van der Waals surface area contributed by atoms with E-state index in [1.165, 1.54) is 29.0 Å². The zero-order valence-electron chi connectivity index (χ0n) is 15.0. The highest BCUT2D eigenvalue weighted by atomic mass is 32.1. The zero-order chi connectivity index (χ0) is 17.5. The molecule has 2 aromatic rings. The van der Waals surface area contributed by atoms with Gasteiger partial charge in [-0.25, -0.2) is 4.98 Å². The maximum absolute atomic E-state index is 12.3. The van der Waals surface area contributed by atoms with Gasteiger partial charge in [-0.05, 0) is 55.2 Å². The number of pyridine rings is 1. The van der Waals surface area contributed by atoms with Crippen LogP contribution in [0.4, 0.5) is 0 Å². The number of nitrogens with one attached hydrogen (secondary N) is 1. The largest absolute Gasteiger partial charge is 0.348 e. The molecule has 2 aromatic heterocycles. The van der Waals surface area contributed by atoms with Crippen LogP contribution in [0.3, 0.4) is 0 Å². The van der Waals surface area contributed by atoms with E-state index in [2.05, 4.69) is 32.2 Å². The summed E-state index contributed by atoms with van der Waals surface area (Å²) in [4.78, 5) is 18.8. The number of aryl methyl sites for hydroxylation is 1. The van der Waals surface area contributed by atoms with E-state index in [0.717, 1.165) is 23.1 Å². The molecule has 0 bridgehead atoms. The molecule has 0 saturated heterocycles. The highest BCUT2D eigenvalue weighted by Gasteiger charge is 2.29. The number of hydrogen-bond acceptors (Lipinski definition) is 4. The Bertz CT molecular complexity index is 760. The molecule has 3 rings (SSSR count). The van der Waals surface area contributed by atoms with E-state index in [1.54, 1.807) is 0 Å². The van der Waals surface area contributed by atoms with Crippen LogP contribution in [0.25, 0.3) is 10.2 Å². The molecule has 2 atom stereocenters. The predicted octanol–water partition coefficient (Wildman–Crippen LogP) is 3.52. The summed E-state index contributed by atoms with van der Waals surface area (Å²) < 4.78 is 0. The van der Waals surface area contributed by atoms with Crippen LogP contribution >= 0.6 is 11.3 Å². The summed E-state index contributed by atoms with van der Waals surface area (Å²) in [5.41, 5.74) is 8.47. The van der Waals surface area contributed by atoms with Crippen molar-refractivity contribution in [3.63, 3.8) is 0 Å². The average molecular weight is 346 g/mol. The van der Waals surface area contributed by atoms with Crippen LogP contribution in [0, 0.1) is 11.3 Å². The molecule has 0 aliphatic heterocycles. The Hall–Kier alpha value is -1.46. The number of fused-ring (bicyclic) bond motifs is 2. The minimum atomic E-state index is -0.0542. The van der Waals surface area contributed by atoms with E-state index in [9.17, 15) is 4.79 Å². The van der Waals surface area contributed by atoms with E-state index in [0.29, 0.717) is 22.8 Å². The second-order valence-corrected chi connectivity index (χ2v) is 9.05. The molecule has 4 nitrogen and oxygen atoms in total. The van der Waals surface area contributed by atoms with Crippen LogP contribution in [0.2, 0.25) is 0 Å². The predicted molar refractivity (Wildman–Crippen MR) is 101 cm³/mol. The highest BCUT2D eigenvalue weighted by Crippen LogP contribution is 2.38. The van der Waals surface area contributed by atoms with E-state index in [1.807, 2.05) is 13.0 Å². The quantitative estimate of drug-likeness (QED) is 0.894. The second kappa shape index (κ2) is 6.45. The van der Waals surface area contributed by atoms with E-state index in [-0.39, 0.29) is 11.9 Å². The molecular weight excluding hydrogens is 318 g/mol. The molecule has 2 heterocycles. The Morgan fingerprint density at radius 2 is 2.21 bits per heavy atom.